The average molecular weight is 384 g/mol. The number of methoxy groups -OCH3 is 2. The molecule has 0 spiro atoms. The summed E-state index contributed by atoms with van der Waals surface area (Å²) in [5, 5.41) is 2.96. The molecule has 0 radical (unpaired) electrons. The van der Waals surface area contributed by atoms with E-state index in [0.29, 0.717) is 22.6 Å². The lowest BCUT2D eigenvalue weighted by Gasteiger charge is -2.33. The summed E-state index contributed by atoms with van der Waals surface area (Å²) in [7, 11) is 5.09. The number of piperazine rings is 1. The lowest BCUT2D eigenvalue weighted by molar-refractivity contribution is -0.880. The van der Waals surface area contributed by atoms with Crippen LogP contribution in [0.3, 0.4) is 0 Å². The van der Waals surface area contributed by atoms with E-state index in [0.717, 1.165) is 31.9 Å². The number of benzene rings is 2. The zero-order valence-corrected chi connectivity index (χ0v) is 16.5. The van der Waals surface area contributed by atoms with Crippen molar-refractivity contribution < 1.29 is 24.0 Å². The van der Waals surface area contributed by atoms with Gasteiger partial charge in [-0.2, -0.15) is 0 Å². The molecule has 2 N–H and O–H groups in total. The third-order valence-corrected chi connectivity index (χ3v) is 4.98. The fourth-order valence-electron chi connectivity index (χ4n) is 3.22. The minimum atomic E-state index is -0.436. The molecule has 1 aliphatic rings. The van der Waals surface area contributed by atoms with Gasteiger partial charge in [0.1, 0.15) is 5.75 Å². The van der Waals surface area contributed by atoms with E-state index in [-0.39, 0.29) is 5.91 Å². The number of nitrogens with zero attached hydrogens (tertiary/aromatic N) is 1. The smallest absolute Gasteiger partial charge is 0.337 e. The van der Waals surface area contributed by atoms with Gasteiger partial charge in [-0.1, -0.05) is 0 Å². The summed E-state index contributed by atoms with van der Waals surface area (Å²) >= 11 is 0. The molecule has 2 aromatic rings. The molecular formula is C21H26N3O4+. The third kappa shape index (κ3) is 4.43. The summed E-state index contributed by atoms with van der Waals surface area (Å²) in [6.45, 7) is 3.80. The molecule has 0 unspecified atom stereocenters. The molecular weight excluding hydrogens is 358 g/mol. The van der Waals surface area contributed by atoms with Crippen LogP contribution in [0.1, 0.15) is 20.7 Å². The summed E-state index contributed by atoms with van der Waals surface area (Å²) in [5.74, 6) is 0.00449. The van der Waals surface area contributed by atoms with Crippen LogP contribution in [-0.2, 0) is 4.74 Å². The highest BCUT2D eigenvalue weighted by atomic mass is 16.5. The maximum Gasteiger partial charge on any atom is 0.337 e. The second kappa shape index (κ2) is 8.75. The van der Waals surface area contributed by atoms with Crippen molar-refractivity contribution in [2.24, 2.45) is 0 Å². The van der Waals surface area contributed by atoms with Gasteiger partial charge >= 0.3 is 5.97 Å². The monoisotopic (exact) mass is 384 g/mol. The zero-order valence-electron chi connectivity index (χ0n) is 16.5. The molecule has 1 fully saturated rings. The number of amides is 1. The van der Waals surface area contributed by atoms with E-state index in [9.17, 15) is 9.59 Å². The van der Waals surface area contributed by atoms with E-state index in [1.165, 1.54) is 12.0 Å². The van der Waals surface area contributed by atoms with Crippen LogP contribution in [0.25, 0.3) is 0 Å². The van der Waals surface area contributed by atoms with Crippen molar-refractivity contribution in [3.8, 4) is 5.75 Å². The van der Waals surface area contributed by atoms with Crippen molar-refractivity contribution in [2.75, 3.05) is 57.7 Å². The number of hydrogen-bond acceptors (Lipinski definition) is 5. The van der Waals surface area contributed by atoms with E-state index in [2.05, 4.69) is 17.3 Å². The van der Waals surface area contributed by atoms with Gasteiger partial charge in [0, 0.05) is 5.56 Å². The molecule has 28 heavy (non-hydrogen) atoms. The van der Waals surface area contributed by atoms with E-state index >= 15 is 0 Å². The SMILES string of the molecule is COC(=O)c1ccc(N2CC[NH+](C)CC2)c(NC(=O)c2ccc(OC)cc2)c1. The summed E-state index contributed by atoms with van der Waals surface area (Å²) < 4.78 is 9.96. The molecule has 0 saturated carbocycles. The molecule has 1 saturated heterocycles. The maximum absolute atomic E-state index is 12.8. The highest BCUT2D eigenvalue weighted by Crippen LogP contribution is 2.28. The van der Waals surface area contributed by atoms with Gasteiger partial charge in [-0.25, -0.2) is 4.79 Å². The summed E-state index contributed by atoms with van der Waals surface area (Å²) in [4.78, 5) is 28.4. The second-order valence-electron chi connectivity index (χ2n) is 6.85. The molecule has 7 heteroatoms. The first-order chi connectivity index (χ1) is 13.5. The number of nitrogens with one attached hydrogen (secondary N) is 2. The Labute approximate surface area is 164 Å². The first-order valence-electron chi connectivity index (χ1n) is 9.26. The highest BCUT2D eigenvalue weighted by molar-refractivity contribution is 6.07. The van der Waals surface area contributed by atoms with Crippen LogP contribution in [-0.4, -0.2) is 59.3 Å². The predicted octanol–water partition coefficient (Wildman–Crippen LogP) is 1.07. The van der Waals surface area contributed by atoms with E-state index < -0.39 is 5.97 Å². The number of esters is 1. The standard InChI is InChI=1S/C21H25N3O4/c1-23-10-12-24(13-11-23)19-9-6-16(21(26)28-3)14-18(19)22-20(25)15-4-7-17(27-2)8-5-15/h4-9,14H,10-13H2,1-3H3,(H,22,25)/p+1. The van der Waals surface area contributed by atoms with Gasteiger partial charge in [-0.15, -0.1) is 0 Å². The Kier molecular flexibility index (Phi) is 6.16. The Bertz CT molecular complexity index is 843. The zero-order chi connectivity index (χ0) is 20.1. The van der Waals surface area contributed by atoms with Crippen molar-refractivity contribution >= 4 is 23.3 Å². The molecule has 7 nitrogen and oxygen atoms in total. The molecule has 0 aliphatic carbocycles. The Hall–Kier alpha value is -3.06. The summed E-state index contributed by atoms with van der Waals surface area (Å²) in [6, 6.07) is 12.2. The number of anilines is 2. The van der Waals surface area contributed by atoms with Gasteiger partial charge in [-0.05, 0) is 42.5 Å². The maximum atomic E-state index is 12.8. The molecule has 0 atom stereocenters. The van der Waals surface area contributed by atoms with Crippen LogP contribution in [0.4, 0.5) is 11.4 Å². The number of quaternary nitrogens is 1. The topological polar surface area (TPSA) is 72.3 Å². The number of carbonyl (C=O) groups excluding carboxylic acids is 2. The highest BCUT2D eigenvalue weighted by Gasteiger charge is 2.21. The number of hydrogen-bond donors (Lipinski definition) is 2. The average Bonchev–Trinajstić information content (AvgIpc) is 2.74. The largest absolute Gasteiger partial charge is 0.497 e. The number of rotatable bonds is 5. The van der Waals surface area contributed by atoms with Gasteiger partial charge in [0.2, 0.25) is 0 Å². The quantitative estimate of drug-likeness (QED) is 0.755. The molecule has 3 rings (SSSR count). The first kappa shape index (κ1) is 19.7. The van der Waals surface area contributed by atoms with Crippen molar-refractivity contribution in [2.45, 2.75) is 0 Å². The van der Waals surface area contributed by atoms with Crippen LogP contribution in [0.2, 0.25) is 0 Å². The Morgan fingerprint density at radius 2 is 1.64 bits per heavy atom. The van der Waals surface area contributed by atoms with E-state index in [4.69, 9.17) is 9.47 Å². The molecule has 148 valence electrons. The van der Waals surface area contributed by atoms with Gasteiger partial charge < -0.3 is 24.6 Å². The molecule has 2 aromatic carbocycles. The fourth-order valence-corrected chi connectivity index (χ4v) is 3.22. The van der Waals surface area contributed by atoms with Gasteiger partial charge in [0.25, 0.3) is 5.91 Å². The summed E-state index contributed by atoms with van der Waals surface area (Å²) in [6.07, 6.45) is 0. The van der Waals surface area contributed by atoms with Crippen LogP contribution >= 0.6 is 0 Å². The minimum Gasteiger partial charge on any atom is -0.497 e. The Morgan fingerprint density at radius 1 is 1.00 bits per heavy atom. The number of ether oxygens (including phenoxy) is 2. The van der Waals surface area contributed by atoms with Crippen molar-refractivity contribution in [1.29, 1.82) is 0 Å². The molecule has 1 amide bonds. The lowest BCUT2D eigenvalue weighted by atomic mass is 10.1. The van der Waals surface area contributed by atoms with Crippen LogP contribution in [0.15, 0.2) is 42.5 Å². The third-order valence-electron chi connectivity index (χ3n) is 4.98. The van der Waals surface area contributed by atoms with Gasteiger partial charge in [-0.3, -0.25) is 4.79 Å². The van der Waals surface area contributed by atoms with Crippen molar-refractivity contribution in [1.82, 2.24) is 0 Å². The van der Waals surface area contributed by atoms with Gasteiger partial charge in [0.05, 0.1) is 64.4 Å². The fraction of sp³-hybridized carbons (Fsp3) is 0.333. The van der Waals surface area contributed by atoms with Gasteiger partial charge in [0.15, 0.2) is 0 Å². The van der Waals surface area contributed by atoms with Crippen molar-refractivity contribution in [3.63, 3.8) is 0 Å². The lowest BCUT2D eigenvalue weighted by Crippen LogP contribution is -3.12. The molecule has 0 bridgehead atoms. The second-order valence-corrected chi connectivity index (χ2v) is 6.85. The van der Waals surface area contributed by atoms with Crippen LogP contribution < -0.4 is 19.9 Å². The normalized spacial score (nSPS) is 14.5. The van der Waals surface area contributed by atoms with Crippen LogP contribution in [0.5, 0.6) is 5.75 Å². The van der Waals surface area contributed by atoms with E-state index in [1.54, 1.807) is 43.5 Å². The van der Waals surface area contributed by atoms with E-state index in [1.807, 2.05) is 6.07 Å². The number of carbonyl (C=O) groups is 2. The number of likely N-dealkylation sites (N-methyl/N-ethyl adjacent to an activating group) is 1. The Morgan fingerprint density at radius 3 is 2.25 bits per heavy atom. The first-order valence-corrected chi connectivity index (χ1v) is 9.26. The molecule has 1 aliphatic heterocycles. The van der Waals surface area contributed by atoms with Crippen LogP contribution in [0, 0.1) is 0 Å². The minimum absolute atomic E-state index is 0.245. The Balaban J connectivity index is 1.88. The summed E-state index contributed by atoms with van der Waals surface area (Å²) in [5.41, 5.74) is 2.42. The predicted molar refractivity (Wildman–Crippen MR) is 108 cm³/mol. The molecule has 1 heterocycles. The van der Waals surface area contributed by atoms with Crippen molar-refractivity contribution in [3.05, 3.63) is 53.6 Å². The molecule has 0 aromatic heterocycles.